The minimum absolute atomic E-state index is 0.0632. The molecule has 164 valence electrons. The average molecular weight is 423 g/mol. The molecular weight excluding hydrogens is 392 g/mol. The summed E-state index contributed by atoms with van der Waals surface area (Å²) in [5.74, 6) is 2.82. The van der Waals surface area contributed by atoms with E-state index in [1.807, 2.05) is 12.1 Å². The van der Waals surface area contributed by atoms with Gasteiger partial charge in [-0.2, -0.15) is 0 Å². The summed E-state index contributed by atoms with van der Waals surface area (Å²) >= 11 is 0. The number of hydrogen-bond acceptors (Lipinski definition) is 5. The molecule has 2 heterocycles. The van der Waals surface area contributed by atoms with Gasteiger partial charge in [0.05, 0.1) is 34.5 Å². The van der Waals surface area contributed by atoms with Gasteiger partial charge in [0.1, 0.15) is 5.75 Å². The van der Waals surface area contributed by atoms with Crippen LogP contribution in [0, 0.1) is 0 Å². The average Bonchev–Trinajstić information content (AvgIpc) is 3.19. The molecule has 2 aromatic carbocycles. The lowest BCUT2D eigenvalue weighted by Gasteiger charge is -2.31. The molecule has 0 spiro atoms. The highest BCUT2D eigenvalue weighted by molar-refractivity contribution is 5.55. The van der Waals surface area contributed by atoms with Gasteiger partial charge in [-0.3, -0.25) is 4.90 Å². The Morgan fingerprint density at radius 1 is 0.839 bits per heavy atom. The first-order valence-corrected chi connectivity index (χ1v) is 10.5. The maximum Gasteiger partial charge on any atom is 0.203 e. The van der Waals surface area contributed by atoms with E-state index in [-0.39, 0.29) is 6.04 Å². The molecule has 4 rings (SSSR count). The van der Waals surface area contributed by atoms with Crippen molar-refractivity contribution >= 4 is 0 Å². The van der Waals surface area contributed by atoms with Crippen LogP contribution in [0.1, 0.15) is 29.3 Å². The number of aryl methyl sites for hydroxylation is 1. The van der Waals surface area contributed by atoms with Crippen molar-refractivity contribution in [3.05, 3.63) is 71.5 Å². The minimum Gasteiger partial charge on any atom is -0.497 e. The molecule has 0 fully saturated rings. The smallest absolute Gasteiger partial charge is 0.203 e. The van der Waals surface area contributed by atoms with Gasteiger partial charge in [-0.15, -0.1) is 0 Å². The molecule has 0 saturated heterocycles. The number of methoxy groups -OCH3 is 4. The summed E-state index contributed by atoms with van der Waals surface area (Å²) in [5.41, 5.74) is 3.63. The van der Waals surface area contributed by atoms with Gasteiger partial charge < -0.3 is 23.5 Å². The van der Waals surface area contributed by atoms with E-state index in [1.165, 1.54) is 11.3 Å². The van der Waals surface area contributed by atoms with E-state index in [0.717, 1.165) is 37.4 Å². The molecule has 0 amide bonds. The summed E-state index contributed by atoms with van der Waals surface area (Å²) in [6.45, 7) is 2.81. The van der Waals surface area contributed by atoms with Crippen LogP contribution >= 0.6 is 0 Å². The molecule has 0 radical (unpaired) electrons. The molecule has 3 aromatic rings. The van der Waals surface area contributed by atoms with Crippen LogP contribution in [0.3, 0.4) is 0 Å². The lowest BCUT2D eigenvalue weighted by atomic mass is 9.99. The van der Waals surface area contributed by atoms with Gasteiger partial charge in [0.2, 0.25) is 5.75 Å². The fourth-order valence-electron chi connectivity index (χ4n) is 4.42. The van der Waals surface area contributed by atoms with E-state index >= 15 is 0 Å². The molecule has 0 N–H and O–H groups in total. The summed E-state index contributed by atoms with van der Waals surface area (Å²) in [7, 11) is 6.64. The van der Waals surface area contributed by atoms with Crippen molar-refractivity contribution in [2.75, 3.05) is 35.0 Å². The van der Waals surface area contributed by atoms with Crippen LogP contribution in [0.2, 0.25) is 0 Å². The fourth-order valence-corrected chi connectivity index (χ4v) is 4.42. The largest absolute Gasteiger partial charge is 0.497 e. The highest BCUT2D eigenvalue weighted by Gasteiger charge is 2.29. The second-order valence-corrected chi connectivity index (χ2v) is 7.66. The molecule has 0 bridgehead atoms. The van der Waals surface area contributed by atoms with Crippen molar-refractivity contribution in [3.8, 4) is 23.0 Å². The Bertz CT molecular complexity index is 988. The first-order chi connectivity index (χ1) is 15.2. The van der Waals surface area contributed by atoms with Gasteiger partial charge >= 0.3 is 0 Å². The number of ether oxygens (including phenoxy) is 4. The van der Waals surface area contributed by atoms with Gasteiger partial charge in [-0.1, -0.05) is 12.1 Å². The van der Waals surface area contributed by atoms with E-state index in [4.69, 9.17) is 18.9 Å². The zero-order chi connectivity index (χ0) is 21.8. The number of benzene rings is 2. The zero-order valence-electron chi connectivity index (χ0n) is 18.6. The highest BCUT2D eigenvalue weighted by atomic mass is 16.5. The SMILES string of the molecule is COc1ccc(CN2CCCn3cccc3C2c2cc(OC)c(OC)c(OC)c2)cc1. The Labute approximate surface area is 183 Å². The predicted molar refractivity (Wildman–Crippen MR) is 120 cm³/mol. The predicted octanol–water partition coefficient (Wildman–Crippen LogP) is 4.52. The summed E-state index contributed by atoms with van der Waals surface area (Å²) in [6, 6.07) is 16.8. The van der Waals surface area contributed by atoms with E-state index in [1.54, 1.807) is 28.4 Å². The molecule has 1 atom stereocenters. The molecule has 0 aliphatic carbocycles. The molecule has 1 aliphatic rings. The summed E-state index contributed by atoms with van der Waals surface area (Å²) in [4.78, 5) is 2.52. The quantitative estimate of drug-likeness (QED) is 0.560. The second-order valence-electron chi connectivity index (χ2n) is 7.66. The normalized spacial score (nSPS) is 16.3. The standard InChI is InChI=1S/C25H30N2O4/c1-28-20-10-8-18(9-11-20)17-27-14-6-13-26-12-5-7-21(26)24(27)19-15-22(29-2)25(31-4)23(16-19)30-3/h5,7-12,15-16,24H,6,13-14,17H2,1-4H3. The molecule has 1 aromatic heterocycles. The number of aromatic nitrogens is 1. The van der Waals surface area contributed by atoms with Crippen molar-refractivity contribution in [2.45, 2.75) is 25.6 Å². The van der Waals surface area contributed by atoms with Crippen molar-refractivity contribution in [1.82, 2.24) is 9.47 Å². The number of nitrogens with zero attached hydrogens (tertiary/aromatic N) is 2. The van der Waals surface area contributed by atoms with Gasteiger partial charge in [-0.05, 0) is 53.9 Å². The number of hydrogen-bond donors (Lipinski definition) is 0. The van der Waals surface area contributed by atoms with Crippen molar-refractivity contribution in [3.63, 3.8) is 0 Å². The van der Waals surface area contributed by atoms with E-state index in [2.05, 4.69) is 52.1 Å². The fraction of sp³-hybridized carbons (Fsp3) is 0.360. The van der Waals surface area contributed by atoms with Crippen molar-refractivity contribution < 1.29 is 18.9 Å². The molecule has 0 saturated carbocycles. The second kappa shape index (κ2) is 9.35. The number of rotatable bonds is 7. The van der Waals surface area contributed by atoms with Gasteiger partial charge in [0.15, 0.2) is 11.5 Å². The van der Waals surface area contributed by atoms with Crippen molar-refractivity contribution in [2.24, 2.45) is 0 Å². The van der Waals surface area contributed by atoms with E-state index in [0.29, 0.717) is 17.2 Å². The maximum atomic E-state index is 5.65. The lowest BCUT2D eigenvalue weighted by molar-refractivity contribution is 0.219. The third-order valence-corrected chi connectivity index (χ3v) is 5.90. The molecule has 1 unspecified atom stereocenters. The van der Waals surface area contributed by atoms with Gasteiger partial charge in [0.25, 0.3) is 0 Å². The Morgan fingerprint density at radius 2 is 1.55 bits per heavy atom. The number of fused-ring (bicyclic) bond motifs is 1. The first-order valence-electron chi connectivity index (χ1n) is 10.5. The summed E-state index contributed by atoms with van der Waals surface area (Å²) < 4.78 is 24.5. The minimum atomic E-state index is 0.0632. The van der Waals surface area contributed by atoms with Crippen LogP contribution in [0.5, 0.6) is 23.0 Å². The van der Waals surface area contributed by atoms with Crippen LogP contribution in [0.25, 0.3) is 0 Å². The third-order valence-electron chi connectivity index (χ3n) is 5.90. The van der Waals surface area contributed by atoms with Gasteiger partial charge in [0, 0.05) is 31.5 Å². The molecule has 31 heavy (non-hydrogen) atoms. The Kier molecular flexibility index (Phi) is 6.37. The third kappa shape index (κ3) is 4.21. The summed E-state index contributed by atoms with van der Waals surface area (Å²) in [6.07, 6.45) is 3.25. The molecule has 6 heteroatoms. The van der Waals surface area contributed by atoms with Crippen LogP contribution < -0.4 is 18.9 Å². The first kappa shape index (κ1) is 21.1. The summed E-state index contributed by atoms with van der Waals surface area (Å²) in [5, 5.41) is 0. The molecule has 6 nitrogen and oxygen atoms in total. The van der Waals surface area contributed by atoms with Crippen LogP contribution in [0.15, 0.2) is 54.7 Å². The Morgan fingerprint density at radius 3 is 2.16 bits per heavy atom. The maximum absolute atomic E-state index is 5.65. The topological polar surface area (TPSA) is 45.1 Å². The Balaban J connectivity index is 1.78. The zero-order valence-corrected chi connectivity index (χ0v) is 18.6. The van der Waals surface area contributed by atoms with Gasteiger partial charge in [-0.25, -0.2) is 0 Å². The highest BCUT2D eigenvalue weighted by Crippen LogP contribution is 2.43. The van der Waals surface area contributed by atoms with E-state index < -0.39 is 0 Å². The molecule has 1 aliphatic heterocycles. The van der Waals surface area contributed by atoms with E-state index in [9.17, 15) is 0 Å². The monoisotopic (exact) mass is 422 g/mol. The van der Waals surface area contributed by atoms with Crippen LogP contribution in [-0.2, 0) is 13.1 Å². The van der Waals surface area contributed by atoms with Crippen LogP contribution in [-0.4, -0.2) is 44.5 Å². The lowest BCUT2D eigenvalue weighted by Crippen LogP contribution is -2.29. The van der Waals surface area contributed by atoms with Crippen LogP contribution in [0.4, 0.5) is 0 Å². The Hall–Kier alpha value is -3.12. The molecular formula is C25H30N2O4. The van der Waals surface area contributed by atoms with Crippen molar-refractivity contribution in [1.29, 1.82) is 0 Å².